The fourth-order valence-electron chi connectivity index (χ4n) is 3.12. The third kappa shape index (κ3) is 3.32. The molecule has 3 N–H and O–H groups in total. The molecule has 1 amide bonds. The van der Waals surface area contributed by atoms with Gasteiger partial charge in [-0.1, -0.05) is 37.7 Å². The van der Waals surface area contributed by atoms with Gasteiger partial charge in [0.05, 0.1) is 10.2 Å². The van der Waals surface area contributed by atoms with Crippen molar-refractivity contribution in [1.82, 2.24) is 15.0 Å². The molecule has 0 aliphatic carbocycles. The fraction of sp³-hybridized carbons (Fsp3) is 0.368. The number of nitrogens with one attached hydrogen (secondary N) is 3. The van der Waals surface area contributed by atoms with Gasteiger partial charge in [0.15, 0.2) is 16.8 Å². The van der Waals surface area contributed by atoms with Crippen LogP contribution in [0.25, 0.3) is 10.2 Å². The van der Waals surface area contributed by atoms with Gasteiger partial charge < -0.3 is 16.0 Å². The van der Waals surface area contributed by atoms with E-state index in [4.69, 9.17) is 0 Å². The van der Waals surface area contributed by atoms with E-state index in [0.717, 1.165) is 21.8 Å². The average Bonchev–Trinajstić information content (AvgIpc) is 3.02. The molecule has 1 aliphatic heterocycles. The minimum atomic E-state index is -0.296. The summed E-state index contributed by atoms with van der Waals surface area (Å²) in [6.07, 6.45) is 0.903. The van der Waals surface area contributed by atoms with Gasteiger partial charge in [-0.3, -0.25) is 4.79 Å². The van der Waals surface area contributed by atoms with Crippen molar-refractivity contribution in [3.05, 3.63) is 29.6 Å². The zero-order valence-electron chi connectivity index (χ0n) is 15.8. The number of nitrogens with zero attached hydrogens (tertiary/aromatic N) is 3. The lowest BCUT2D eigenvalue weighted by Crippen LogP contribution is -2.43. The molecule has 2 unspecified atom stereocenters. The Balaban J connectivity index is 1.69. The van der Waals surface area contributed by atoms with Crippen LogP contribution < -0.4 is 16.0 Å². The minimum absolute atomic E-state index is 0.0627. The summed E-state index contributed by atoms with van der Waals surface area (Å²) in [7, 11) is 0. The van der Waals surface area contributed by atoms with E-state index in [1.807, 2.05) is 19.1 Å². The van der Waals surface area contributed by atoms with Crippen molar-refractivity contribution in [3.63, 3.8) is 0 Å². The molecule has 3 aromatic rings. The van der Waals surface area contributed by atoms with Crippen molar-refractivity contribution in [2.75, 3.05) is 16.0 Å². The highest BCUT2D eigenvalue weighted by Crippen LogP contribution is 2.36. The first-order chi connectivity index (χ1) is 12.9. The Morgan fingerprint density at radius 2 is 2.07 bits per heavy atom. The van der Waals surface area contributed by atoms with Gasteiger partial charge in [0.2, 0.25) is 5.91 Å². The quantitative estimate of drug-likeness (QED) is 0.625. The standard InChI is InChI=1S/C19H22N6OS/c1-5-10(3)14-18(26)24-15-16(23-14)20-11(4)21-17(15)25-19-22-12-7-6-9(2)8-13(12)27-19/h6-8,10,14H,5H2,1-4H3,(H,24,26)(H2,20,21,22,23,25). The van der Waals surface area contributed by atoms with Crippen LogP contribution in [0.2, 0.25) is 0 Å². The molecule has 8 heteroatoms. The molecule has 2 atom stereocenters. The van der Waals surface area contributed by atoms with Crippen LogP contribution in [0.15, 0.2) is 18.2 Å². The second-order valence-corrected chi connectivity index (χ2v) is 7.99. The van der Waals surface area contributed by atoms with E-state index in [1.165, 1.54) is 5.56 Å². The topological polar surface area (TPSA) is 91.8 Å². The molecular weight excluding hydrogens is 360 g/mol. The van der Waals surface area contributed by atoms with Crippen LogP contribution >= 0.6 is 11.3 Å². The van der Waals surface area contributed by atoms with Crippen LogP contribution in [0.5, 0.6) is 0 Å². The summed E-state index contributed by atoms with van der Waals surface area (Å²) in [5, 5.41) is 10.2. The number of thiazole rings is 1. The Kier molecular flexibility index (Phi) is 4.43. The van der Waals surface area contributed by atoms with E-state index < -0.39 is 0 Å². The monoisotopic (exact) mass is 382 g/mol. The number of aryl methyl sites for hydroxylation is 2. The van der Waals surface area contributed by atoms with E-state index in [2.05, 4.69) is 57.7 Å². The smallest absolute Gasteiger partial charge is 0.247 e. The van der Waals surface area contributed by atoms with E-state index in [9.17, 15) is 4.79 Å². The summed E-state index contributed by atoms with van der Waals surface area (Å²) in [5.41, 5.74) is 2.70. The minimum Gasteiger partial charge on any atom is -0.356 e. The van der Waals surface area contributed by atoms with Gasteiger partial charge in [-0.05, 0) is 37.5 Å². The molecule has 0 radical (unpaired) electrons. The van der Waals surface area contributed by atoms with Crippen molar-refractivity contribution in [2.45, 2.75) is 40.2 Å². The van der Waals surface area contributed by atoms with E-state index in [-0.39, 0.29) is 17.9 Å². The number of carbonyl (C=O) groups excluding carboxylic acids is 1. The number of amides is 1. The largest absolute Gasteiger partial charge is 0.356 e. The summed E-state index contributed by atoms with van der Waals surface area (Å²) in [6.45, 7) is 8.02. The molecule has 2 aromatic heterocycles. The van der Waals surface area contributed by atoms with Crippen LogP contribution in [-0.4, -0.2) is 26.9 Å². The first kappa shape index (κ1) is 17.7. The maximum absolute atomic E-state index is 12.6. The van der Waals surface area contributed by atoms with Gasteiger partial charge >= 0.3 is 0 Å². The second-order valence-electron chi connectivity index (χ2n) is 6.96. The lowest BCUT2D eigenvalue weighted by molar-refractivity contribution is -0.118. The van der Waals surface area contributed by atoms with Crippen LogP contribution in [0, 0.1) is 19.8 Å². The zero-order chi connectivity index (χ0) is 19.1. The number of aromatic nitrogens is 3. The average molecular weight is 382 g/mol. The van der Waals surface area contributed by atoms with Crippen molar-refractivity contribution >= 4 is 49.9 Å². The number of rotatable bonds is 4. The number of hydrogen-bond donors (Lipinski definition) is 3. The van der Waals surface area contributed by atoms with Crippen molar-refractivity contribution in [2.24, 2.45) is 5.92 Å². The molecule has 0 fully saturated rings. The Bertz CT molecular complexity index is 1030. The predicted molar refractivity (Wildman–Crippen MR) is 110 cm³/mol. The molecular formula is C19H22N6OS. The highest BCUT2D eigenvalue weighted by Gasteiger charge is 2.32. The predicted octanol–water partition coefficient (Wildman–Crippen LogP) is 4.23. The normalized spacial score (nSPS) is 17.2. The van der Waals surface area contributed by atoms with Crippen molar-refractivity contribution in [1.29, 1.82) is 0 Å². The molecule has 1 aromatic carbocycles. The van der Waals surface area contributed by atoms with Gasteiger partial charge in [0, 0.05) is 0 Å². The lowest BCUT2D eigenvalue weighted by Gasteiger charge is -2.30. The highest BCUT2D eigenvalue weighted by molar-refractivity contribution is 7.22. The number of hydrogen-bond acceptors (Lipinski definition) is 7. The molecule has 27 heavy (non-hydrogen) atoms. The summed E-state index contributed by atoms with van der Waals surface area (Å²) < 4.78 is 1.11. The fourth-order valence-corrected chi connectivity index (χ4v) is 4.09. The van der Waals surface area contributed by atoms with Gasteiger partial charge in [-0.25, -0.2) is 15.0 Å². The molecule has 3 heterocycles. The third-order valence-corrected chi connectivity index (χ3v) is 5.76. The molecule has 0 saturated carbocycles. The van der Waals surface area contributed by atoms with Crippen LogP contribution in [0.3, 0.4) is 0 Å². The van der Waals surface area contributed by atoms with E-state index >= 15 is 0 Å². The SMILES string of the molecule is CCC(C)C1Nc2nc(C)nc(Nc3nc4ccc(C)cc4s3)c2NC1=O. The Labute approximate surface area is 161 Å². The summed E-state index contributed by atoms with van der Waals surface area (Å²) in [5.74, 6) is 1.97. The van der Waals surface area contributed by atoms with E-state index in [1.54, 1.807) is 11.3 Å². The highest BCUT2D eigenvalue weighted by atomic mass is 32.1. The summed E-state index contributed by atoms with van der Waals surface area (Å²) >= 11 is 1.56. The Hall–Kier alpha value is -2.74. The number of anilines is 4. The lowest BCUT2D eigenvalue weighted by atomic mass is 9.97. The molecule has 140 valence electrons. The maximum Gasteiger partial charge on any atom is 0.247 e. The number of fused-ring (bicyclic) bond motifs is 2. The van der Waals surface area contributed by atoms with Gasteiger partial charge in [-0.2, -0.15) is 0 Å². The maximum atomic E-state index is 12.6. The Morgan fingerprint density at radius 3 is 2.85 bits per heavy atom. The number of carbonyl (C=O) groups is 1. The van der Waals surface area contributed by atoms with Gasteiger partial charge in [0.1, 0.15) is 17.6 Å². The zero-order valence-corrected chi connectivity index (χ0v) is 16.6. The molecule has 0 saturated heterocycles. The molecule has 0 spiro atoms. The molecule has 4 rings (SSSR count). The van der Waals surface area contributed by atoms with Crippen molar-refractivity contribution in [3.8, 4) is 0 Å². The second kappa shape index (κ2) is 6.77. The van der Waals surface area contributed by atoms with Crippen LogP contribution in [-0.2, 0) is 4.79 Å². The summed E-state index contributed by atoms with van der Waals surface area (Å²) in [6, 6.07) is 5.86. The molecule has 0 bridgehead atoms. The molecule has 7 nitrogen and oxygen atoms in total. The van der Waals surface area contributed by atoms with Crippen LogP contribution in [0.4, 0.5) is 22.5 Å². The summed E-state index contributed by atoms with van der Waals surface area (Å²) in [4.78, 5) is 26.1. The van der Waals surface area contributed by atoms with Gasteiger partial charge in [0.25, 0.3) is 0 Å². The van der Waals surface area contributed by atoms with E-state index in [0.29, 0.717) is 23.1 Å². The number of benzene rings is 1. The first-order valence-electron chi connectivity index (χ1n) is 9.05. The first-order valence-corrected chi connectivity index (χ1v) is 9.86. The third-order valence-electron chi connectivity index (χ3n) is 4.83. The van der Waals surface area contributed by atoms with Crippen molar-refractivity contribution < 1.29 is 4.79 Å². The molecule has 1 aliphatic rings. The van der Waals surface area contributed by atoms with Crippen LogP contribution in [0.1, 0.15) is 31.7 Å². The Morgan fingerprint density at radius 1 is 1.26 bits per heavy atom. The van der Waals surface area contributed by atoms with Gasteiger partial charge in [-0.15, -0.1) is 0 Å².